The van der Waals surface area contributed by atoms with Gasteiger partial charge in [-0.1, -0.05) is 47.5 Å². The molecule has 200 valence electrons. The Hall–Kier alpha value is -3.44. The molecule has 0 radical (unpaired) electrons. The number of hydrogen-bond acceptors (Lipinski definition) is 6. The molecule has 5 rings (SSSR count). The molecule has 40 heavy (non-hydrogen) atoms. The summed E-state index contributed by atoms with van der Waals surface area (Å²) >= 11 is 15.6. The molecule has 0 bridgehead atoms. The number of nitrogens with one attached hydrogen (secondary N) is 2. The first-order chi connectivity index (χ1) is 19.4. The fourth-order valence-electron chi connectivity index (χ4n) is 3.60. The van der Waals surface area contributed by atoms with Gasteiger partial charge in [0.15, 0.2) is 5.13 Å². The lowest BCUT2D eigenvalue weighted by atomic mass is 10.1. The molecule has 0 aliphatic heterocycles. The zero-order chi connectivity index (χ0) is 27.9. The Balaban J connectivity index is 1.14. The highest BCUT2D eigenvalue weighted by atomic mass is 127. The molecule has 0 saturated carbocycles. The number of anilines is 2. The van der Waals surface area contributed by atoms with Crippen LogP contribution in [0.25, 0.3) is 11.3 Å². The van der Waals surface area contributed by atoms with E-state index in [0.29, 0.717) is 22.2 Å². The monoisotopic (exact) mass is 698 g/mol. The molecule has 0 spiro atoms. The molecular weight excluding hydrogens is 678 g/mol. The lowest BCUT2D eigenvalue weighted by molar-refractivity contribution is 0.0955. The largest absolute Gasteiger partial charge is 0.488 e. The van der Waals surface area contributed by atoms with Gasteiger partial charge in [-0.3, -0.25) is 4.79 Å². The standard InChI is InChI=1S/C30H21Cl2IN4O2S/c31-23-8-1-19(2-9-23)17-39-28-14-3-20(15-26(28)33)16-34-37-29(38)22-6-4-21(5-7-22)27-18-40-30(36-27)35-25-12-10-24(32)11-13-25/h1-16,18H,17H2,(H,35,36)(H,37,38)/b34-16-. The van der Waals surface area contributed by atoms with E-state index in [9.17, 15) is 4.79 Å². The molecule has 0 aliphatic carbocycles. The zero-order valence-corrected chi connectivity index (χ0v) is 25.3. The van der Waals surface area contributed by atoms with Crippen molar-refractivity contribution in [3.05, 3.63) is 127 Å². The summed E-state index contributed by atoms with van der Waals surface area (Å²) in [5.41, 5.74) is 7.59. The number of hydrogen-bond donors (Lipinski definition) is 2. The molecule has 0 atom stereocenters. The van der Waals surface area contributed by atoms with Gasteiger partial charge < -0.3 is 10.1 Å². The Kier molecular flexibility index (Phi) is 9.33. The van der Waals surface area contributed by atoms with E-state index in [0.717, 1.165) is 42.5 Å². The SMILES string of the molecule is O=C(N/N=C\c1ccc(OCc2ccc(Cl)cc2)c(I)c1)c1ccc(-c2csc(Nc3ccc(Cl)cc3)n2)cc1. The van der Waals surface area contributed by atoms with Crippen LogP contribution in [-0.4, -0.2) is 17.1 Å². The number of ether oxygens (including phenoxy) is 1. The predicted molar refractivity (Wildman–Crippen MR) is 172 cm³/mol. The van der Waals surface area contributed by atoms with Crippen LogP contribution in [0.3, 0.4) is 0 Å². The maximum atomic E-state index is 12.6. The summed E-state index contributed by atoms with van der Waals surface area (Å²) in [4.78, 5) is 17.2. The van der Waals surface area contributed by atoms with Crippen molar-refractivity contribution >= 4 is 80.1 Å². The summed E-state index contributed by atoms with van der Waals surface area (Å²) in [5, 5.41) is 11.5. The minimum atomic E-state index is -0.302. The third kappa shape index (κ3) is 7.60. The molecule has 1 heterocycles. The summed E-state index contributed by atoms with van der Waals surface area (Å²) in [6, 6.07) is 27.9. The van der Waals surface area contributed by atoms with Crippen LogP contribution < -0.4 is 15.5 Å². The Morgan fingerprint density at radius 3 is 2.35 bits per heavy atom. The highest BCUT2D eigenvalue weighted by Crippen LogP contribution is 2.28. The molecule has 0 saturated heterocycles. The van der Waals surface area contributed by atoms with Crippen molar-refractivity contribution in [1.82, 2.24) is 10.4 Å². The van der Waals surface area contributed by atoms with Gasteiger partial charge in [0.1, 0.15) is 12.4 Å². The Morgan fingerprint density at radius 1 is 0.950 bits per heavy atom. The van der Waals surface area contributed by atoms with Gasteiger partial charge in [0.2, 0.25) is 0 Å². The minimum absolute atomic E-state index is 0.302. The summed E-state index contributed by atoms with van der Waals surface area (Å²) in [5.74, 6) is 0.466. The topological polar surface area (TPSA) is 75.6 Å². The van der Waals surface area contributed by atoms with Crippen molar-refractivity contribution in [2.24, 2.45) is 5.10 Å². The van der Waals surface area contributed by atoms with E-state index in [-0.39, 0.29) is 5.91 Å². The van der Waals surface area contributed by atoms with Crippen LogP contribution in [0.5, 0.6) is 5.75 Å². The Bertz CT molecular complexity index is 1640. The van der Waals surface area contributed by atoms with Crippen LogP contribution >= 0.6 is 57.1 Å². The third-order valence-corrected chi connectivity index (χ3v) is 7.79. The van der Waals surface area contributed by atoms with Crippen LogP contribution in [0.15, 0.2) is 101 Å². The third-order valence-electron chi connectivity index (χ3n) is 5.69. The Labute approximate surface area is 259 Å². The second-order valence-corrected chi connectivity index (χ2v) is 11.4. The van der Waals surface area contributed by atoms with E-state index in [1.807, 2.05) is 84.2 Å². The van der Waals surface area contributed by atoms with Gasteiger partial charge in [-0.05, 0) is 100 Å². The number of halogens is 3. The number of aromatic nitrogens is 1. The van der Waals surface area contributed by atoms with Crippen LogP contribution in [0.2, 0.25) is 10.0 Å². The lowest BCUT2D eigenvalue weighted by Gasteiger charge is -2.09. The number of nitrogens with zero attached hydrogens (tertiary/aromatic N) is 2. The number of rotatable bonds is 9. The Morgan fingerprint density at radius 2 is 1.65 bits per heavy atom. The average molecular weight is 699 g/mol. The van der Waals surface area contributed by atoms with Gasteiger partial charge in [-0.25, -0.2) is 10.4 Å². The van der Waals surface area contributed by atoms with Crippen molar-refractivity contribution in [2.75, 3.05) is 5.32 Å². The number of thiazole rings is 1. The van der Waals surface area contributed by atoms with Gasteiger partial charge in [0.25, 0.3) is 5.91 Å². The number of amides is 1. The van der Waals surface area contributed by atoms with Crippen LogP contribution in [-0.2, 0) is 6.61 Å². The van der Waals surface area contributed by atoms with Crippen LogP contribution in [0.4, 0.5) is 10.8 Å². The first-order valence-corrected chi connectivity index (χ1v) is 14.7. The highest BCUT2D eigenvalue weighted by Gasteiger charge is 2.09. The molecule has 2 N–H and O–H groups in total. The molecule has 0 aliphatic rings. The van der Waals surface area contributed by atoms with Crippen molar-refractivity contribution in [2.45, 2.75) is 6.61 Å². The van der Waals surface area contributed by atoms with E-state index >= 15 is 0 Å². The molecule has 4 aromatic carbocycles. The molecule has 0 unspecified atom stereocenters. The van der Waals surface area contributed by atoms with Gasteiger partial charge in [-0.15, -0.1) is 11.3 Å². The average Bonchev–Trinajstić information content (AvgIpc) is 3.43. The number of carbonyl (C=O) groups excluding carboxylic acids is 1. The smallest absolute Gasteiger partial charge is 0.271 e. The lowest BCUT2D eigenvalue weighted by Crippen LogP contribution is -2.17. The molecule has 1 amide bonds. The molecular formula is C30H21Cl2IN4O2S. The van der Waals surface area contributed by atoms with Crippen LogP contribution in [0.1, 0.15) is 21.5 Å². The van der Waals surface area contributed by atoms with Gasteiger partial charge >= 0.3 is 0 Å². The second kappa shape index (κ2) is 13.3. The maximum Gasteiger partial charge on any atom is 0.271 e. The normalized spacial score (nSPS) is 11.0. The summed E-state index contributed by atoms with van der Waals surface area (Å²) in [7, 11) is 0. The van der Waals surface area contributed by atoms with E-state index < -0.39 is 0 Å². The predicted octanol–water partition coefficient (Wildman–Crippen LogP) is 8.81. The van der Waals surface area contributed by atoms with Crippen molar-refractivity contribution < 1.29 is 9.53 Å². The zero-order valence-electron chi connectivity index (χ0n) is 20.8. The first kappa shape index (κ1) is 28.1. The fourth-order valence-corrected chi connectivity index (χ4v) is 5.29. The van der Waals surface area contributed by atoms with Gasteiger partial charge in [0.05, 0.1) is 15.5 Å². The summed E-state index contributed by atoms with van der Waals surface area (Å²) in [6.07, 6.45) is 1.60. The van der Waals surface area contributed by atoms with Crippen molar-refractivity contribution in [1.29, 1.82) is 0 Å². The summed E-state index contributed by atoms with van der Waals surface area (Å²) in [6.45, 7) is 0.444. The fraction of sp³-hybridized carbons (Fsp3) is 0.0333. The number of hydrazone groups is 1. The maximum absolute atomic E-state index is 12.6. The number of benzene rings is 4. The summed E-state index contributed by atoms with van der Waals surface area (Å²) < 4.78 is 6.85. The van der Waals surface area contributed by atoms with Gasteiger partial charge in [0, 0.05) is 32.2 Å². The highest BCUT2D eigenvalue weighted by molar-refractivity contribution is 14.1. The quantitative estimate of drug-likeness (QED) is 0.0917. The van der Waals surface area contributed by atoms with Crippen LogP contribution in [0, 0.1) is 3.57 Å². The minimum Gasteiger partial charge on any atom is -0.488 e. The van der Waals surface area contributed by atoms with E-state index in [2.05, 4.69) is 43.4 Å². The molecule has 6 nitrogen and oxygen atoms in total. The molecule has 1 aromatic heterocycles. The van der Waals surface area contributed by atoms with E-state index in [4.69, 9.17) is 27.9 Å². The van der Waals surface area contributed by atoms with Crippen molar-refractivity contribution in [3.8, 4) is 17.0 Å². The molecule has 10 heteroatoms. The number of carbonyl (C=O) groups is 1. The first-order valence-electron chi connectivity index (χ1n) is 12.0. The van der Waals surface area contributed by atoms with Gasteiger partial charge in [-0.2, -0.15) is 5.10 Å². The van der Waals surface area contributed by atoms with E-state index in [1.54, 1.807) is 18.3 Å². The molecule has 0 fully saturated rings. The van der Waals surface area contributed by atoms with E-state index in [1.165, 1.54) is 11.3 Å². The molecule has 5 aromatic rings. The second-order valence-electron chi connectivity index (χ2n) is 8.55. The van der Waals surface area contributed by atoms with Crippen molar-refractivity contribution in [3.63, 3.8) is 0 Å².